The number of piperidine rings is 1. The van der Waals surface area contributed by atoms with Crippen LogP contribution in [0.2, 0.25) is 0 Å². The van der Waals surface area contributed by atoms with Crippen LogP contribution >= 0.6 is 0 Å². The second kappa shape index (κ2) is 5.25. The molecule has 0 radical (unpaired) electrons. The molecular weight excluding hydrogens is 254 g/mol. The van der Waals surface area contributed by atoms with Gasteiger partial charge < -0.3 is 10.0 Å². The Bertz CT molecular complexity index is 635. The highest BCUT2D eigenvalue weighted by Gasteiger charge is 2.29. The number of carbonyl (C=O) groups excluding carboxylic acids is 1. The monoisotopic (exact) mass is 273 g/mol. The number of aliphatic hydroxyl groups is 1. The number of hydrogen-bond donors (Lipinski definition) is 1. The van der Waals surface area contributed by atoms with Gasteiger partial charge in [-0.1, -0.05) is 18.2 Å². The number of para-hydroxylation sites is 1. The van der Waals surface area contributed by atoms with E-state index in [1.54, 1.807) is 9.58 Å². The summed E-state index contributed by atoms with van der Waals surface area (Å²) in [6, 6.07) is 7.67. The van der Waals surface area contributed by atoms with E-state index in [2.05, 4.69) is 5.10 Å². The summed E-state index contributed by atoms with van der Waals surface area (Å²) in [4.78, 5) is 14.5. The van der Waals surface area contributed by atoms with Crippen molar-refractivity contribution in [3.05, 3.63) is 30.0 Å². The van der Waals surface area contributed by atoms with Crippen LogP contribution in [0.3, 0.4) is 0 Å². The molecule has 1 aromatic heterocycles. The van der Waals surface area contributed by atoms with Crippen molar-refractivity contribution >= 4 is 16.8 Å². The molecule has 106 valence electrons. The largest absolute Gasteiger partial charge is 0.394 e. The molecule has 1 N–H and O–H groups in total. The Morgan fingerprint density at radius 1 is 1.40 bits per heavy atom. The van der Waals surface area contributed by atoms with Crippen LogP contribution in [0.5, 0.6) is 0 Å². The number of aliphatic hydroxyl groups excluding tert-OH is 1. The summed E-state index contributed by atoms with van der Waals surface area (Å²) in [6.45, 7) is 0.728. The molecule has 20 heavy (non-hydrogen) atoms. The number of amides is 1. The summed E-state index contributed by atoms with van der Waals surface area (Å²) in [5, 5.41) is 14.7. The SMILES string of the molecule is Cn1nc(C(=O)N2CCCCC2CO)c2ccccc21. The molecule has 5 heteroatoms. The second-order valence-electron chi connectivity index (χ2n) is 5.32. The first-order chi connectivity index (χ1) is 9.72. The number of fused-ring (bicyclic) bond motifs is 1. The highest BCUT2D eigenvalue weighted by molar-refractivity contribution is 6.05. The highest BCUT2D eigenvalue weighted by atomic mass is 16.3. The topological polar surface area (TPSA) is 58.4 Å². The van der Waals surface area contributed by atoms with Crippen molar-refractivity contribution in [2.75, 3.05) is 13.2 Å². The minimum Gasteiger partial charge on any atom is -0.394 e. The molecule has 2 heterocycles. The molecule has 5 nitrogen and oxygen atoms in total. The lowest BCUT2D eigenvalue weighted by Crippen LogP contribution is -2.45. The fourth-order valence-corrected chi connectivity index (χ4v) is 2.97. The van der Waals surface area contributed by atoms with Crippen molar-refractivity contribution in [3.8, 4) is 0 Å². The minimum absolute atomic E-state index is 0.0243. The van der Waals surface area contributed by atoms with Gasteiger partial charge >= 0.3 is 0 Å². The summed E-state index contributed by atoms with van der Waals surface area (Å²) >= 11 is 0. The van der Waals surface area contributed by atoms with Gasteiger partial charge in [0.1, 0.15) is 0 Å². The van der Waals surface area contributed by atoms with Gasteiger partial charge in [0.05, 0.1) is 18.2 Å². The maximum atomic E-state index is 12.7. The molecule has 3 rings (SSSR count). The second-order valence-corrected chi connectivity index (χ2v) is 5.32. The number of likely N-dealkylation sites (tertiary alicyclic amines) is 1. The third-order valence-electron chi connectivity index (χ3n) is 4.06. The third kappa shape index (κ3) is 2.08. The van der Waals surface area contributed by atoms with Gasteiger partial charge in [0, 0.05) is 19.0 Å². The quantitative estimate of drug-likeness (QED) is 0.903. The van der Waals surface area contributed by atoms with Gasteiger partial charge in [-0.2, -0.15) is 5.10 Å². The summed E-state index contributed by atoms with van der Waals surface area (Å²) in [7, 11) is 1.85. The normalized spacial score (nSPS) is 19.5. The van der Waals surface area contributed by atoms with Gasteiger partial charge in [0.2, 0.25) is 0 Å². The molecule has 1 aromatic carbocycles. The lowest BCUT2D eigenvalue weighted by atomic mass is 10.0. The molecule has 2 aromatic rings. The zero-order valence-electron chi connectivity index (χ0n) is 11.6. The predicted octanol–water partition coefficient (Wildman–Crippen LogP) is 1.56. The number of hydrogen-bond acceptors (Lipinski definition) is 3. The van der Waals surface area contributed by atoms with Gasteiger partial charge in [-0.25, -0.2) is 0 Å². The van der Waals surface area contributed by atoms with Crippen LogP contribution in [0.4, 0.5) is 0 Å². The Kier molecular flexibility index (Phi) is 3.44. The zero-order valence-corrected chi connectivity index (χ0v) is 11.6. The van der Waals surface area contributed by atoms with E-state index in [0.29, 0.717) is 12.2 Å². The van der Waals surface area contributed by atoms with Crippen molar-refractivity contribution < 1.29 is 9.90 Å². The zero-order chi connectivity index (χ0) is 14.1. The Morgan fingerprint density at radius 3 is 3.00 bits per heavy atom. The molecule has 1 saturated heterocycles. The van der Waals surface area contributed by atoms with Gasteiger partial charge in [-0.05, 0) is 25.3 Å². The maximum absolute atomic E-state index is 12.7. The molecule has 0 spiro atoms. The summed E-state index contributed by atoms with van der Waals surface area (Å²) in [6.07, 6.45) is 2.93. The maximum Gasteiger partial charge on any atom is 0.275 e. The predicted molar refractivity (Wildman–Crippen MR) is 76.5 cm³/mol. The summed E-state index contributed by atoms with van der Waals surface area (Å²) < 4.78 is 1.74. The van der Waals surface area contributed by atoms with Crippen molar-refractivity contribution in [3.63, 3.8) is 0 Å². The first-order valence-electron chi connectivity index (χ1n) is 7.06. The first kappa shape index (κ1) is 13.1. The van der Waals surface area contributed by atoms with Crippen LogP contribution in [-0.2, 0) is 7.05 Å². The standard InChI is InChI=1S/C15H19N3O2/c1-17-13-8-3-2-7-12(13)14(16-17)15(20)18-9-5-4-6-11(18)10-19/h2-3,7-8,11,19H,4-6,9-10H2,1H3. The van der Waals surface area contributed by atoms with E-state index in [9.17, 15) is 9.90 Å². The smallest absolute Gasteiger partial charge is 0.275 e. The van der Waals surface area contributed by atoms with Crippen molar-refractivity contribution in [1.82, 2.24) is 14.7 Å². The Hall–Kier alpha value is -1.88. The van der Waals surface area contributed by atoms with Gasteiger partial charge in [-0.3, -0.25) is 9.48 Å². The van der Waals surface area contributed by atoms with Crippen molar-refractivity contribution in [2.45, 2.75) is 25.3 Å². The average molecular weight is 273 g/mol. The van der Waals surface area contributed by atoms with Gasteiger partial charge in [-0.15, -0.1) is 0 Å². The van der Waals surface area contributed by atoms with Gasteiger partial charge in [0.15, 0.2) is 5.69 Å². The molecule has 1 aliphatic heterocycles. The summed E-state index contributed by atoms with van der Waals surface area (Å²) in [5.74, 6) is -0.0689. The molecule has 1 fully saturated rings. The van der Waals surface area contributed by atoms with Crippen LogP contribution in [0.15, 0.2) is 24.3 Å². The van der Waals surface area contributed by atoms with E-state index < -0.39 is 0 Å². The highest BCUT2D eigenvalue weighted by Crippen LogP contribution is 2.23. The number of nitrogens with zero attached hydrogens (tertiary/aromatic N) is 3. The van der Waals surface area contributed by atoms with Crippen LogP contribution in [0.25, 0.3) is 10.9 Å². The summed E-state index contributed by atoms with van der Waals surface area (Å²) in [5.41, 5.74) is 1.44. The molecule has 0 aliphatic carbocycles. The molecule has 1 amide bonds. The van der Waals surface area contributed by atoms with Gasteiger partial charge in [0.25, 0.3) is 5.91 Å². The van der Waals surface area contributed by atoms with E-state index in [4.69, 9.17) is 0 Å². The van der Waals surface area contributed by atoms with E-state index in [1.807, 2.05) is 31.3 Å². The molecule has 1 atom stereocenters. The number of carbonyl (C=O) groups is 1. The Morgan fingerprint density at radius 2 is 2.20 bits per heavy atom. The average Bonchev–Trinajstić information content (AvgIpc) is 2.84. The number of aromatic nitrogens is 2. The lowest BCUT2D eigenvalue weighted by Gasteiger charge is -2.34. The minimum atomic E-state index is -0.0722. The number of benzene rings is 1. The molecule has 1 unspecified atom stereocenters. The number of aryl methyl sites for hydroxylation is 1. The fourth-order valence-electron chi connectivity index (χ4n) is 2.97. The number of rotatable bonds is 2. The van der Waals surface area contributed by atoms with Crippen LogP contribution in [0, 0.1) is 0 Å². The molecule has 1 aliphatic rings. The van der Waals surface area contributed by atoms with E-state index >= 15 is 0 Å². The Labute approximate surface area is 117 Å². The molecule has 0 bridgehead atoms. The van der Waals surface area contributed by atoms with Crippen molar-refractivity contribution in [1.29, 1.82) is 0 Å². The lowest BCUT2D eigenvalue weighted by molar-refractivity contribution is 0.0498. The first-order valence-corrected chi connectivity index (χ1v) is 7.06. The van der Waals surface area contributed by atoms with Crippen LogP contribution in [0.1, 0.15) is 29.8 Å². The fraction of sp³-hybridized carbons (Fsp3) is 0.467. The van der Waals surface area contributed by atoms with Crippen LogP contribution in [-0.4, -0.2) is 44.9 Å². The molecule has 0 saturated carbocycles. The third-order valence-corrected chi connectivity index (χ3v) is 4.06. The van der Waals surface area contributed by atoms with Crippen molar-refractivity contribution in [2.24, 2.45) is 7.05 Å². The van der Waals surface area contributed by atoms with E-state index in [-0.39, 0.29) is 18.6 Å². The van der Waals surface area contributed by atoms with E-state index in [1.165, 1.54) is 0 Å². The Balaban J connectivity index is 2.00. The van der Waals surface area contributed by atoms with Crippen LogP contribution < -0.4 is 0 Å². The van der Waals surface area contributed by atoms with E-state index in [0.717, 1.165) is 30.2 Å². The molecular formula is C15H19N3O2.